The van der Waals surface area contributed by atoms with Crippen molar-refractivity contribution < 1.29 is 9.66 Å². The summed E-state index contributed by atoms with van der Waals surface area (Å²) in [7, 11) is 0. The van der Waals surface area contributed by atoms with Crippen LogP contribution in [-0.4, -0.2) is 62.7 Å². The summed E-state index contributed by atoms with van der Waals surface area (Å²) in [5.41, 5.74) is 1.80. The zero-order chi connectivity index (χ0) is 20.5. The molecule has 1 aromatic heterocycles. The van der Waals surface area contributed by atoms with Gasteiger partial charge in [0.1, 0.15) is 11.4 Å². The molecule has 2 aromatic rings. The second kappa shape index (κ2) is 6.88. The largest absolute Gasteiger partial charge is 0.611 e. The number of aliphatic hydroxyl groups is 1. The summed E-state index contributed by atoms with van der Waals surface area (Å²) in [5, 5.41) is 13.9. The van der Waals surface area contributed by atoms with Crippen LogP contribution in [-0.2, 0) is 17.6 Å². The molecular formula is C21H24ClN5O2S. The molecule has 2 saturated heterocycles. The Hall–Kier alpha value is -1.74. The number of hydrogen-bond donors (Lipinski definition) is 2. The highest BCUT2D eigenvalue weighted by Gasteiger charge is 2.47. The number of nitrogens with one attached hydrogen (secondary N) is 1. The van der Waals surface area contributed by atoms with Gasteiger partial charge in [0.25, 0.3) is 0 Å². The van der Waals surface area contributed by atoms with Crippen LogP contribution >= 0.6 is 11.6 Å². The number of benzene rings is 1. The summed E-state index contributed by atoms with van der Waals surface area (Å²) in [6, 6.07) is 8.83. The molecule has 0 radical (unpaired) electrons. The van der Waals surface area contributed by atoms with Crippen molar-refractivity contribution in [1.29, 1.82) is 0 Å². The Morgan fingerprint density at radius 3 is 2.57 bits per heavy atom. The van der Waals surface area contributed by atoms with Crippen molar-refractivity contribution in [2.75, 3.05) is 40.6 Å². The van der Waals surface area contributed by atoms with Gasteiger partial charge in [-0.15, -0.1) is 0 Å². The van der Waals surface area contributed by atoms with Gasteiger partial charge < -0.3 is 24.8 Å². The fraction of sp³-hybridized carbons (Fsp3) is 0.524. The molecule has 3 aliphatic heterocycles. The minimum Gasteiger partial charge on any atom is -0.611 e. The van der Waals surface area contributed by atoms with E-state index in [0.29, 0.717) is 23.7 Å². The second-order valence-corrected chi connectivity index (χ2v) is 10.8. The van der Waals surface area contributed by atoms with Crippen molar-refractivity contribution in [2.45, 2.75) is 48.2 Å². The Labute approximate surface area is 183 Å². The van der Waals surface area contributed by atoms with Crippen LogP contribution in [0.1, 0.15) is 25.0 Å². The van der Waals surface area contributed by atoms with Crippen LogP contribution in [0, 0.1) is 0 Å². The number of halogens is 1. The third kappa shape index (κ3) is 3.04. The Morgan fingerprint density at radius 1 is 1.17 bits per heavy atom. The number of hydrogen-bond acceptors (Lipinski definition) is 7. The Kier molecular flexibility index (Phi) is 4.36. The molecule has 30 heavy (non-hydrogen) atoms. The number of piperazine rings is 1. The average Bonchev–Trinajstić information content (AvgIpc) is 3.07. The number of nitrogens with zero attached hydrogens (tertiary/aromatic N) is 4. The molecule has 7 nitrogen and oxygen atoms in total. The van der Waals surface area contributed by atoms with Crippen molar-refractivity contribution in [3.63, 3.8) is 0 Å². The zero-order valence-electron chi connectivity index (χ0n) is 16.6. The van der Waals surface area contributed by atoms with Gasteiger partial charge in [0.2, 0.25) is 10.8 Å². The van der Waals surface area contributed by atoms with Gasteiger partial charge in [-0.05, 0) is 54.7 Å². The molecule has 4 heterocycles. The molecule has 3 fully saturated rings. The van der Waals surface area contributed by atoms with E-state index in [-0.39, 0.29) is 12.1 Å². The molecule has 4 aliphatic rings. The van der Waals surface area contributed by atoms with E-state index in [1.165, 1.54) is 5.69 Å². The second-order valence-electron chi connectivity index (χ2n) is 8.84. The van der Waals surface area contributed by atoms with E-state index < -0.39 is 11.2 Å². The standard InChI is InChI=1S/C21H24ClN5O2S/c22-13-1-3-14(4-2-13)26-10-16-9-15(26)11-27(16)20-23-17-5-8-30(29)18(17)19(24-20)25-21(12-28)6-7-21/h1-4,15-16,28H,5-12H2,(H,23,24,25)/t15-,16?,30?/m1/s1. The lowest BCUT2D eigenvalue weighted by molar-refractivity contribution is 0.265. The molecule has 2 bridgehead atoms. The highest BCUT2D eigenvalue weighted by molar-refractivity contribution is 7.91. The molecule has 0 spiro atoms. The minimum atomic E-state index is -1.07. The van der Waals surface area contributed by atoms with E-state index in [0.717, 1.165) is 60.3 Å². The molecule has 2 unspecified atom stereocenters. The summed E-state index contributed by atoms with van der Waals surface area (Å²) >= 11 is 4.98. The summed E-state index contributed by atoms with van der Waals surface area (Å²) in [5.74, 6) is 1.99. The van der Waals surface area contributed by atoms with Crippen molar-refractivity contribution in [3.8, 4) is 0 Å². The lowest BCUT2D eigenvalue weighted by Gasteiger charge is -2.36. The van der Waals surface area contributed by atoms with E-state index in [2.05, 4.69) is 27.2 Å². The average molecular weight is 446 g/mol. The van der Waals surface area contributed by atoms with E-state index in [4.69, 9.17) is 21.6 Å². The predicted molar refractivity (Wildman–Crippen MR) is 118 cm³/mol. The van der Waals surface area contributed by atoms with Gasteiger partial charge in [-0.25, -0.2) is 4.98 Å². The van der Waals surface area contributed by atoms with Crippen LogP contribution in [0.4, 0.5) is 17.5 Å². The van der Waals surface area contributed by atoms with Gasteiger partial charge in [-0.2, -0.15) is 4.98 Å². The maximum Gasteiger partial charge on any atom is 0.228 e. The van der Waals surface area contributed by atoms with Crippen LogP contribution in [0.25, 0.3) is 0 Å². The van der Waals surface area contributed by atoms with Gasteiger partial charge in [-0.3, -0.25) is 0 Å². The van der Waals surface area contributed by atoms with E-state index in [1.807, 2.05) is 12.1 Å². The molecule has 1 saturated carbocycles. The summed E-state index contributed by atoms with van der Waals surface area (Å²) in [4.78, 5) is 15.2. The first-order valence-electron chi connectivity index (χ1n) is 10.5. The molecule has 6 rings (SSSR count). The smallest absolute Gasteiger partial charge is 0.228 e. The van der Waals surface area contributed by atoms with Crippen molar-refractivity contribution in [2.24, 2.45) is 0 Å². The first-order valence-corrected chi connectivity index (χ1v) is 12.2. The summed E-state index contributed by atoms with van der Waals surface area (Å²) in [6.07, 6.45) is 3.62. The lowest BCUT2D eigenvalue weighted by atomic mass is 10.2. The molecule has 2 N–H and O–H groups in total. The minimum absolute atomic E-state index is 0.0677. The molecule has 1 aliphatic carbocycles. The number of rotatable bonds is 5. The molecule has 0 amide bonds. The van der Waals surface area contributed by atoms with E-state index in [1.54, 1.807) is 0 Å². The van der Waals surface area contributed by atoms with Crippen LogP contribution in [0.3, 0.4) is 0 Å². The topological polar surface area (TPSA) is 87.6 Å². The summed E-state index contributed by atoms with van der Waals surface area (Å²) in [6.45, 7) is 1.87. The number of anilines is 3. The normalized spacial score (nSPS) is 28.2. The van der Waals surface area contributed by atoms with Crippen molar-refractivity contribution >= 4 is 40.2 Å². The maximum atomic E-state index is 12.6. The van der Waals surface area contributed by atoms with Crippen molar-refractivity contribution in [1.82, 2.24) is 9.97 Å². The fourth-order valence-corrected chi connectivity index (χ4v) is 6.41. The van der Waals surface area contributed by atoms with Gasteiger partial charge in [0.05, 0.1) is 18.2 Å². The third-order valence-electron chi connectivity index (χ3n) is 6.87. The van der Waals surface area contributed by atoms with Gasteiger partial charge in [-0.1, -0.05) is 11.6 Å². The van der Waals surface area contributed by atoms with Crippen LogP contribution in [0.2, 0.25) is 5.02 Å². The molecular weight excluding hydrogens is 422 g/mol. The summed E-state index contributed by atoms with van der Waals surface area (Å²) < 4.78 is 12.6. The molecule has 9 heteroatoms. The van der Waals surface area contributed by atoms with Crippen molar-refractivity contribution in [3.05, 3.63) is 35.0 Å². The van der Waals surface area contributed by atoms with E-state index in [9.17, 15) is 9.66 Å². The zero-order valence-corrected chi connectivity index (χ0v) is 18.1. The quantitative estimate of drug-likeness (QED) is 0.682. The van der Waals surface area contributed by atoms with Crippen LogP contribution in [0.5, 0.6) is 0 Å². The number of aryl methyl sites for hydroxylation is 1. The maximum absolute atomic E-state index is 12.6. The van der Waals surface area contributed by atoms with Gasteiger partial charge in [0, 0.05) is 36.3 Å². The first-order chi connectivity index (χ1) is 14.5. The number of aromatic nitrogens is 2. The fourth-order valence-electron chi connectivity index (χ4n) is 4.98. The van der Waals surface area contributed by atoms with Crippen LogP contribution < -0.4 is 15.1 Å². The number of aliphatic hydroxyl groups excluding tert-OH is 1. The Balaban J connectivity index is 1.28. The van der Waals surface area contributed by atoms with E-state index >= 15 is 0 Å². The van der Waals surface area contributed by atoms with Gasteiger partial charge in [0.15, 0.2) is 5.82 Å². The monoisotopic (exact) mass is 445 g/mol. The van der Waals surface area contributed by atoms with Gasteiger partial charge >= 0.3 is 0 Å². The molecule has 1 aromatic carbocycles. The highest BCUT2D eigenvalue weighted by Crippen LogP contribution is 2.43. The SMILES string of the molecule is [O-][S+]1CCc2nc(N3C[C@H]4CC3CN4c3ccc(Cl)cc3)nc(NC3(CO)CC3)c21. The first kappa shape index (κ1) is 19.0. The van der Waals surface area contributed by atoms with Crippen LogP contribution in [0.15, 0.2) is 29.2 Å². The molecule has 3 atom stereocenters. The Morgan fingerprint density at radius 2 is 1.90 bits per heavy atom. The highest BCUT2D eigenvalue weighted by atomic mass is 35.5. The Bertz CT molecular complexity index is 986. The third-order valence-corrected chi connectivity index (χ3v) is 8.58. The molecule has 158 valence electrons. The predicted octanol–water partition coefficient (Wildman–Crippen LogP) is 2.20. The lowest BCUT2D eigenvalue weighted by Crippen LogP contribution is -2.47. The number of fused-ring (bicyclic) bond motifs is 3.